The first kappa shape index (κ1) is 22.7. The smallest absolute Gasteiger partial charge is 0.294 e. The molecule has 6 nitrogen and oxygen atoms in total. The van der Waals surface area contributed by atoms with Gasteiger partial charge in [-0.25, -0.2) is 0 Å². The van der Waals surface area contributed by atoms with E-state index >= 15 is 0 Å². The van der Waals surface area contributed by atoms with Crippen LogP contribution < -0.4 is 9.64 Å². The first-order chi connectivity index (χ1) is 16.8. The largest absolute Gasteiger partial charge is 0.503 e. The van der Waals surface area contributed by atoms with Crippen molar-refractivity contribution < 1.29 is 23.8 Å². The van der Waals surface area contributed by atoms with Gasteiger partial charge in [0.15, 0.2) is 11.5 Å². The fourth-order valence-corrected chi connectivity index (χ4v) is 4.48. The fourth-order valence-electron chi connectivity index (χ4n) is 4.30. The molecule has 1 aliphatic heterocycles. The molecule has 4 aromatic rings. The summed E-state index contributed by atoms with van der Waals surface area (Å²) in [5, 5.41) is 12.1. The van der Waals surface area contributed by atoms with E-state index in [0.717, 1.165) is 0 Å². The Balaban J connectivity index is 1.65. The number of aliphatic hydroxyl groups excluding tert-OH is 1. The Kier molecular flexibility index (Phi) is 5.83. The van der Waals surface area contributed by atoms with Gasteiger partial charge in [-0.15, -0.1) is 0 Å². The summed E-state index contributed by atoms with van der Waals surface area (Å²) in [5.41, 5.74) is 1.58. The van der Waals surface area contributed by atoms with Crippen LogP contribution in [-0.2, 0) is 4.79 Å². The molecule has 176 valence electrons. The molecule has 1 N–H and O–H groups in total. The minimum absolute atomic E-state index is 0.00566. The molecular weight excluding hydrogens is 466 g/mol. The highest BCUT2D eigenvalue weighted by atomic mass is 35.5. The average Bonchev–Trinajstić information content (AvgIpc) is 3.37. The molecule has 1 atom stereocenters. The number of halogens is 1. The highest BCUT2D eigenvalue weighted by molar-refractivity contribution is 6.31. The van der Waals surface area contributed by atoms with Gasteiger partial charge in [-0.2, -0.15) is 0 Å². The van der Waals surface area contributed by atoms with E-state index in [2.05, 4.69) is 0 Å². The summed E-state index contributed by atoms with van der Waals surface area (Å²) >= 11 is 6.08. The Labute approximate surface area is 207 Å². The number of Topliss-reactive ketones (excluding diaryl/α,β-unsaturated/α-hetero) is 1. The average molecular weight is 488 g/mol. The third kappa shape index (κ3) is 4.17. The maximum Gasteiger partial charge on any atom is 0.294 e. The summed E-state index contributed by atoms with van der Waals surface area (Å²) in [6.45, 7) is 3.83. The predicted octanol–water partition coefficient (Wildman–Crippen LogP) is 6.66. The minimum atomic E-state index is -0.884. The van der Waals surface area contributed by atoms with Gasteiger partial charge >= 0.3 is 0 Å². The van der Waals surface area contributed by atoms with E-state index in [0.29, 0.717) is 33.0 Å². The summed E-state index contributed by atoms with van der Waals surface area (Å²) < 4.78 is 11.6. The molecule has 35 heavy (non-hydrogen) atoms. The molecule has 5 rings (SSSR count). The number of fused-ring (bicyclic) bond motifs is 1. The lowest BCUT2D eigenvalue weighted by Crippen LogP contribution is -2.31. The highest BCUT2D eigenvalue weighted by Gasteiger charge is 2.45. The van der Waals surface area contributed by atoms with Crippen LogP contribution in [0.3, 0.4) is 0 Å². The number of benzene rings is 3. The number of nitrogens with zero attached hydrogens (tertiary/aromatic N) is 1. The van der Waals surface area contributed by atoms with Gasteiger partial charge in [-0.1, -0.05) is 41.9 Å². The number of carbonyl (C=O) groups is 2. The van der Waals surface area contributed by atoms with E-state index in [9.17, 15) is 14.7 Å². The summed E-state index contributed by atoms with van der Waals surface area (Å²) in [6.07, 6.45) is -0.0619. The lowest BCUT2D eigenvalue weighted by Gasteiger charge is -2.27. The molecule has 2 heterocycles. The molecule has 1 unspecified atom stereocenters. The number of anilines is 1. The van der Waals surface area contributed by atoms with Crippen LogP contribution in [0.15, 0.2) is 94.6 Å². The summed E-state index contributed by atoms with van der Waals surface area (Å²) in [7, 11) is 0. The van der Waals surface area contributed by atoms with Crippen LogP contribution in [0, 0.1) is 0 Å². The lowest BCUT2D eigenvalue weighted by atomic mass is 9.94. The second-order valence-corrected chi connectivity index (χ2v) is 8.97. The van der Waals surface area contributed by atoms with Crippen LogP contribution in [0.25, 0.3) is 11.0 Å². The van der Waals surface area contributed by atoms with Crippen molar-refractivity contribution in [3.8, 4) is 5.75 Å². The van der Waals surface area contributed by atoms with Crippen molar-refractivity contribution in [2.75, 3.05) is 4.90 Å². The van der Waals surface area contributed by atoms with Gasteiger partial charge in [0.05, 0.1) is 17.7 Å². The van der Waals surface area contributed by atoms with Crippen molar-refractivity contribution >= 4 is 39.9 Å². The maximum absolute atomic E-state index is 13.7. The van der Waals surface area contributed by atoms with Gasteiger partial charge in [0.1, 0.15) is 11.3 Å². The molecule has 1 amide bonds. The number of aliphatic hydroxyl groups is 1. The van der Waals surface area contributed by atoms with Gasteiger partial charge in [0.25, 0.3) is 5.91 Å². The molecule has 0 aliphatic carbocycles. The summed E-state index contributed by atoms with van der Waals surface area (Å²) in [6, 6.07) is 21.8. The normalized spacial score (nSPS) is 15.9. The zero-order valence-corrected chi connectivity index (χ0v) is 19.8. The monoisotopic (exact) mass is 487 g/mol. The van der Waals surface area contributed by atoms with Crippen molar-refractivity contribution in [1.29, 1.82) is 0 Å². The van der Waals surface area contributed by atoms with Gasteiger partial charge in [0, 0.05) is 16.1 Å². The Hall–Kier alpha value is -4.03. The van der Waals surface area contributed by atoms with E-state index in [1.807, 2.05) is 19.9 Å². The summed E-state index contributed by atoms with van der Waals surface area (Å²) in [4.78, 5) is 28.4. The van der Waals surface area contributed by atoms with Crippen LogP contribution in [0.5, 0.6) is 5.75 Å². The quantitative estimate of drug-likeness (QED) is 0.308. The zero-order chi connectivity index (χ0) is 24.7. The standard InChI is InChI=1S/C28H22ClNO5/c1-16(2)34-21-10-6-7-17(14-21)25-24(27(32)28(33)30(25)20-8-4-3-5-9-20)26(31)23-15-18-13-19(29)11-12-22(18)35-23/h3-16,25,32H,1-2H3. The molecule has 0 saturated heterocycles. The third-order valence-corrected chi connectivity index (χ3v) is 5.97. The number of amides is 1. The first-order valence-electron chi connectivity index (χ1n) is 11.2. The highest BCUT2D eigenvalue weighted by Crippen LogP contribution is 2.43. The van der Waals surface area contributed by atoms with Gasteiger partial charge in [-0.05, 0) is 67.9 Å². The van der Waals surface area contributed by atoms with E-state index in [4.69, 9.17) is 20.8 Å². The van der Waals surface area contributed by atoms with E-state index in [1.54, 1.807) is 72.8 Å². The first-order valence-corrected chi connectivity index (χ1v) is 11.5. The molecule has 0 radical (unpaired) electrons. The Morgan fingerprint density at radius 2 is 1.80 bits per heavy atom. The number of hydrogen-bond donors (Lipinski definition) is 1. The number of rotatable bonds is 6. The number of carbonyl (C=O) groups excluding carboxylic acids is 2. The minimum Gasteiger partial charge on any atom is -0.503 e. The second kappa shape index (κ2) is 8.96. The van der Waals surface area contributed by atoms with Crippen LogP contribution in [0.4, 0.5) is 5.69 Å². The molecule has 0 fully saturated rings. The van der Waals surface area contributed by atoms with Gasteiger partial charge in [0.2, 0.25) is 5.78 Å². The van der Waals surface area contributed by atoms with Crippen LogP contribution in [0.2, 0.25) is 5.02 Å². The number of ketones is 1. The SMILES string of the molecule is CC(C)Oc1cccc(C2C(C(=O)c3cc4cc(Cl)ccc4o3)=C(O)C(=O)N2c2ccccc2)c1. The number of hydrogen-bond acceptors (Lipinski definition) is 5. The van der Waals surface area contributed by atoms with Crippen LogP contribution in [-0.4, -0.2) is 22.9 Å². The maximum atomic E-state index is 13.7. The Morgan fingerprint density at radius 1 is 1.03 bits per heavy atom. The molecule has 7 heteroatoms. The molecular formula is C28H22ClNO5. The predicted molar refractivity (Wildman–Crippen MR) is 134 cm³/mol. The molecule has 0 spiro atoms. The van der Waals surface area contributed by atoms with Crippen molar-refractivity contribution in [3.05, 3.63) is 107 Å². The molecule has 1 aromatic heterocycles. The fraction of sp³-hybridized carbons (Fsp3) is 0.143. The number of ether oxygens (including phenoxy) is 1. The molecule has 0 bridgehead atoms. The number of furan rings is 1. The van der Waals surface area contributed by atoms with Gasteiger partial charge < -0.3 is 14.3 Å². The van der Waals surface area contributed by atoms with Crippen molar-refractivity contribution in [2.45, 2.75) is 26.0 Å². The molecule has 1 aliphatic rings. The van der Waals surface area contributed by atoms with Gasteiger partial charge in [-0.3, -0.25) is 14.5 Å². The van der Waals surface area contributed by atoms with Crippen LogP contribution in [0.1, 0.15) is 36.0 Å². The molecule has 3 aromatic carbocycles. The van der Waals surface area contributed by atoms with E-state index in [1.165, 1.54) is 4.90 Å². The van der Waals surface area contributed by atoms with Crippen LogP contribution >= 0.6 is 11.6 Å². The third-order valence-electron chi connectivity index (χ3n) is 5.73. The second-order valence-electron chi connectivity index (χ2n) is 8.54. The lowest BCUT2D eigenvalue weighted by molar-refractivity contribution is -0.117. The van der Waals surface area contributed by atoms with Crippen molar-refractivity contribution in [1.82, 2.24) is 0 Å². The summed E-state index contributed by atoms with van der Waals surface area (Å²) in [5.74, 6) is -1.26. The zero-order valence-electron chi connectivity index (χ0n) is 19.1. The van der Waals surface area contributed by atoms with Crippen molar-refractivity contribution in [2.24, 2.45) is 0 Å². The number of para-hydroxylation sites is 1. The Morgan fingerprint density at radius 3 is 2.54 bits per heavy atom. The topological polar surface area (TPSA) is 80.0 Å². The molecule has 0 saturated carbocycles. The van der Waals surface area contributed by atoms with E-state index in [-0.39, 0.29) is 17.4 Å². The Bertz CT molecular complexity index is 1470. The van der Waals surface area contributed by atoms with Crippen molar-refractivity contribution in [3.63, 3.8) is 0 Å². The van der Waals surface area contributed by atoms with E-state index < -0.39 is 23.5 Å².